The average molecular weight is 368 g/mol. The highest BCUT2D eigenvalue weighted by atomic mass is 35.5. The first kappa shape index (κ1) is 18.7. The van der Waals surface area contributed by atoms with Gasteiger partial charge in [0.2, 0.25) is 0 Å². The SMILES string of the molecule is Cc1cc(C)cc(C(NC[C@H](O)c2ccc(Cl)cc2Cl)C(=O)O)c1. The lowest BCUT2D eigenvalue weighted by atomic mass is 10.0. The number of nitrogens with one attached hydrogen (secondary N) is 1. The summed E-state index contributed by atoms with van der Waals surface area (Å²) in [5, 5.41) is 23.5. The number of carboxylic acid groups (broad SMARTS) is 1. The highest BCUT2D eigenvalue weighted by Gasteiger charge is 2.22. The van der Waals surface area contributed by atoms with Crippen LogP contribution < -0.4 is 5.32 Å². The second kappa shape index (κ2) is 7.99. The normalized spacial score (nSPS) is 13.5. The topological polar surface area (TPSA) is 69.6 Å². The largest absolute Gasteiger partial charge is 0.480 e. The third-order valence-electron chi connectivity index (χ3n) is 3.66. The maximum absolute atomic E-state index is 11.6. The van der Waals surface area contributed by atoms with Crippen LogP contribution in [0.25, 0.3) is 0 Å². The lowest BCUT2D eigenvalue weighted by Crippen LogP contribution is -2.32. The van der Waals surface area contributed by atoms with Crippen LogP contribution in [0.4, 0.5) is 0 Å². The van der Waals surface area contributed by atoms with Crippen molar-refractivity contribution in [2.75, 3.05) is 6.54 Å². The summed E-state index contributed by atoms with van der Waals surface area (Å²) < 4.78 is 0. The minimum atomic E-state index is -1.01. The molecule has 0 aliphatic carbocycles. The Balaban J connectivity index is 2.15. The van der Waals surface area contributed by atoms with E-state index < -0.39 is 18.1 Å². The zero-order valence-electron chi connectivity index (χ0n) is 13.4. The number of benzene rings is 2. The zero-order chi connectivity index (χ0) is 17.9. The Morgan fingerprint density at radius 3 is 2.29 bits per heavy atom. The third-order valence-corrected chi connectivity index (χ3v) is 4.22. The summed E-state index contributed by atoms with van der Waals surface area (Å²) in [6.07, 6.45) is -0.942. The van der Waals surface area contributed by atoms with Gasteiger partial charge in [0, 0.05) is 22.2 Å². The van der Waals surface area contributed by atoms with E-state index in [-0.39, 0.29) is 6.54 Å². The molecule has 0 radical (unpaired) electrons. The molecule has 2 rings (SSSR count). The Morgan fingerprint density at radius 1 is 1.12 bits per heavy atom. The van der Waals surface area contributed by atoms with Gasteiger partial charge in [-0.3, -0.25) is 10.1 Å². The van der Waals surface area contributed by atoms with Crippen molar-refractivity contribution in [1.82, 2.24) is 5.32 Å². The first-order valence-corrected chi connectivity index (χ1v) is 8.21. The van der Waals surface area contributed by atoms with Gasteiger partial charge in [-0.05, 0) is 31.5 Å². The summed E-state index contributed by atoms with van der Waals surface area (Å²) in [7, 11) is 0. The zero-order valence-corrected chi connectivity index (χ0v) is 14.9. The summed E-state index contributed by atoms with van der Waals surface area (Å²) in [5.41, 5.74) is 3.12. The van der Waals surface area contributed by atoms with E-state index in [1.54, 1.807) is 18.2 Å². The number of hydrogen-bond donors (Lipinski definition) is 3. The number of halogens is 2. The molecule has 3 N–H and O–H groups in total. The number of carboxylic acids is 1. The fourth-order valence-corrected chi connectivity index (χ4v) is 3.17. The van der Waals surface area contributed by atoms with Gasteiger partial charge in [-0.1, -0.05) is 58.6 Å². The van der Waals surface area contributed by atoms with Crippen LogP contribution in [0.2, 0.25) is 10.0 Å². The summed E-state index contributed by atoms with van der Waals surface area (Å²) in [6, 6.07) is 9.50. The van der Waals surface area contributed by atoms with Crippen molar-refractivity contribution in [3.63, 3.8) is 0 Å². The smallest absolute Gasteiger partial charge is 0.325 e. The van der Waals surface area contributed by atoms with Gasteiger partial charge in [0.1, 0.15) is 6.04 Å². The molecule has 4 nitrogen and oxygen atoms in total. The molecule has 0 aliphatic rings. The van der Waals surface area contributed by atoms with Gasteiger partial charge in [-0.2, -0.15) is 0 Å². The number of rotatable bonds is 6. The van der Waals surface area contributed by atoms with Crippen LogP contribution in [0.3, 0.4) is 0 Å². The molecule has 0 fully saturated rings. The molecule has 2 aromatic carbocycles. The van der Waals surface area contributed by atoms with E-state index in [2.05, 4.69) is 5.32 Å². The lowest BCUT2D eigenvalue weighted by molar-refractivity contribution is -0.139. The van der Waals surface area contributed by atoms with Crippen LogP contribution in [-0.2, 0) is 4.79 Å². The van der Waals surface area contributed by atoms with Crippen molar-refractivity contribution >= 4 is 29.2 Å². The van der Waals surface area contributed by atoms with Crippen molar-refractivity contribution in [3.8, 4) is 0 Å². The Morgan fingerprint density at radius 2 is 1.75 bits per heavy atom. The molecule has 24 heavy (non-hydrogen) atoms. The summed E-state index contributed by atoms with van der Waals surface area (Å²) in [6.45, 7) is 3.88. The van der Waals surface area contributed by atoms with Gasteiger partial charge in [0.25, 0.3) is 0 Å². The van der Waals surface area contributed by atoms with E-state index in [0.717, 1.165) is 11.1 Å². The molecule has 1 unspecified atom stereocenters. The number of aliphatic carboxylic acids is 1. The van der Waals surface area contributed by atoms with Crippen molar-refractivity contribution in [3.05, 3.63) is 68.7 Å². The molecular weight excluding hydrogens is 349 g/mol. The van der Waals surface area contributed by atoms with Gasteiger partial charge in [-0.25, -0.2) is 0 Å². The van der Waals surface area contributed by atoms with Crippen LogP contribution in [0.1, 0.15) is 34.4 Å². The number of aryl methyl sites for hydroxylation is 2. The third kappa shape index (κ3) is 4.71. The number of carbonyl (C=O) groups is 1. The van der Waals surface area contributed by atoms with E-state index >= 15 is 0 Å². The second-order valence-electron chi connectivity index (χ2n) is 5.78. The maximum Gasteiger partial charge on any atom is 0.325 e. The molecular formula is C18H19Cl2NO3. The van der Waals surface area contributed by atoms with Crippen molar-refractivity contribution < 1.29 is 15.0 Å². The van der Waals surface area contributed by atoms with Gasteiger partial charge >= 0.3 is 5.97 Å². The van der Waals surface area contributed by atoms with Crippen LogP contribution >= 0.6 is 23.2 Å². The molecule has 128 valence electrons. The van der Waals surface area contributed by atoms with Crippen LogP contribution in [0.5, 0.6) is 0 Å². The molecule has 0 saturated carbocycles. The Hall–Kier alpha value is -1.59. The minimum absolute atomic E-state index is 0.0469. The lowest BCUT2D eigenvalue weighted by Gasteiger charge is -2.19. The number of aliphatic hydroxyl groups excluding tert-OH is 1. The van der Waals surface area contributed by atoms with E-state index in [9.17, 15) is 15.0 Å². The fraction of sp³-hybridized carbons (Fsp3) is 0.278. The monoisotopic (exact) mass is 367 g/mol. The molecule has 0 bridgehead atoms. The molecule has 6 heteroatoms. The standard InChI is InChI=1S/C18H19Cl2NO3/c1-10-5-11(2)7-12(6-10)17(18(23)24)21-9-16(22)14-4-3-13(19)8-15(14)20/h3-8,16-17,21-22H,9H2,1-2H3,(H,23,24)/t16-,17?/m0/s1. The molecule has 0 heterocycles. The van der Waals surface area contributed by atoms with Crippen LogP contribution in [-0.4, -0.2) is 22.7 Å². The average Bonchev–Trinajstić information content (AvgIpc) is 2.45. The van der Waals surface area contributed by atoms with Crippen LogP contribution in [0, 0.1) is 13.8 Å². The summed E-state index contributed by atoms with van der Waals surface area (Å²) in [5.74, 6) is -1.01. The van der Waals surface area contributed by atoms with Crippen molar-refractivity contribution in [1.29, 1.82) is 0 Å². The van der Waals surface area contributed by atoms with Crippen LogP contribution in [0.15, 0.2) is 36.4 Å². The van der Waals surface area contributed by atoms with E-state index in [1.165, 1.54) is 0 Å². The number of hydrogen-bond acceptors (Lipinski definition) is 3. The van der Waals surface area contributed by atoms with Crippen molar-refractivity contribution in [2.45, 2.75) is 26.0 Å². The number of aliphatic hydroxyl groups is 1. The summed E-state index contributed by atoms with van der Waals surface area (Å²) >= 11 is 11.9. The highest BCUT2D eigenvalue weighted by Crippen LogP contribution is 2.26. The first-order valence-electron chi connectivity index (χ1n) is 7.45. The summed E-state index contributed by atoms with van der Waals surface area (Å²) in [4.78, 5) is 11.6. The van der Waals surface area contributed by atoms with E-state index in [1.807, 2.05) is 32.0 Å². The van der Waals surface area contributed by atoms with E-state index in [0.29, 0.717) is 21.2 Å². The van der Waals surface area contributed by atoms with Gasteiger partial charge in [0.15, 0.2) is 0 Å². The van der Waals surface area contributed by atoms with E-state index in [4.69, 9.17) is 23.2 Å². The molecule has 0 aromatic heterocycles. The molecule has 2 atom stereocenters. The molecule has 2 aromatic rings. The quantitative estimate of drug-likeness (QED) is 0.719. The van der Waals surface area contributed by atoms with Gasteiger partial charge in [-0.15, -0.1) is 0 Å². The van der Waals surface area contributed by atoms with Crippen molar-refractivity contribution in [2.24, 2.45) is 0 Å². The second-order valence-corrected chi connectivity index (χ2v) is 6.63. The predicted molar refractivity (Wildman–Crippen MR) is 95.7 cm³/mol. The Labute approximate surface area is 151 Å². The minimum Gasteiger partial charge on any atom is -0.480 e. The first-order chi connectivity index (χ1) is 11.3. The van der Waals surface area contributed by atoms with Gasteiger partial charge in [0.05, 0.1) is 6.10 Å². The molecule has 0 saturated heterocycles. The Bertz CT molecular complexity index is 729. The molecule has 0 amide bonds. The Kier molecular flexibility index (Phi) is 6.24. The fourth-order valence-electron chi connectivity index (χ4n) is 2.64. The highest BCUT2D eigenvalue weighted by molar-refractivity contribution is 6.35. The maximum atomic E-state index is 11.6. The van der Waals surface area contributed by atoms with Gasteiger partial charge < -0.3 is 10.2 Å². The predicted octanol–water partition coefficient (Wildman–Crippen LogP) is 4.06. The molecule has 0 spiro atoms. The molecule has 0 aliphatic heterocycles.